The summed E-state index contributed by atoms with van der Waals surface area (Å²) in [6.07, 6.45) is 1.77. The van der Waals surface area contributed by atoms with Crippen LogP contribution in [0.2, 0.25) is 0 Å². The highest BCUT2D eigenvalue weighted by atomic mass is 79.9. The summed E-state index contributed by atoms with van der Waals surface area (Å²) in [6.45, 7) is 4.20. The lowest BCUT2D eigenvalue weighted by atomic mass is 10.2. The van der Waals surface area contributed by atoms with Crippen molar-refractivity contribution in [2.75, 3.05) is 5.75 Å². The van der Waals surface area contributed by atoms with Crippen molar-refractivity contribution in [3.63, 3.8) is 0 Å². The van der Waals surface area contributed by atoms with Crippen LogP contribution in [0.15, 0.2) is 56.1 Å². The highest BCUT2D eigenvalue weighted by molar-refractivity contribution is 9.10. The highest BCUT2D eigenvalue weighted by Crippen LogP contribution is 2.23. The Kier molecular flexibility index (Phi) is 4.77. The topological polar surface area (TPSA) is 72.7 Å². The van der Waals surface area contributed by atoms with Gasteiger partial charge in [0.25, 0.3) is 5.56 Å². The second kappa shape index (κ2) is 6.82. The van der Waals surface area contributed by atoms with E-state index >= 15 is 0 Å². The van der Waals surface area contributed by atoms with Gasteiger partial charge in [-0.2, -0.15) is 0 Å². The average molecular weight is 407 g/mol. The molecule has 2 heterocycles. The van der Waals surface area contributed by atoms with Gasteiger partial charge in [-0.15, -0.1) is 6.58 Å². The molecule has 0 fully saturated rings. The molecule has 0 aliphatic carbocycles. The Bertz CT molecular complexity index is 1030. The zero-order valence-electron chi connectivity index (χ0n) is 13.0. The average Bonchev–Trinajstić information content (AvgIpc) is 2.90. The summed E-state index contributed by atoms with van der Waals surface area (Å²) in [7, 11) is 1.60. The molecule has 1 aromatic carbocycles. The van der Waals surface area contributed by atoms with E-state index < -0.39 is 11.2 Å². The Morgan fingerprint density at radius 2 is 2.21 bits per heavy atom. The minimum Gasteiger partial charge on any atom is -0.309 e. The van der Waals surface area contributed by atoms with E-state index in [2.05, 4.69) is 32.5 Å². The zero-order valence-corrected chi connectivity index (χ0v) is 15.4. The highest BCUT2D eigenvalue weighted by Gasteiger charge is 2.17. The molecule has 8 heteroatoms. The van der Waals surface area contributed by atoms with Gasteiger partial charge in [0.15, 0.2) is 16.3 Å². The van der Waals surface area contributed by atoms with Gasteiger partial charge >= 0.3 is 5.69 Å². The van der Waals surface area contributed by atoms with Crippen LogP contribution >= 0.6 is 27.7 Å². The van der Waals surface area contributed by atoms with E-state index in [1.807, 2.05) is 28.8 Å². The number of nitrogens with zero attached hydrogens (tertiary/aromatic N) is 3. The van der Waals surface area contributed by atoms with Crippen molar-refractivity contribution in [3.05, 3.63) is 67.8 Å². The zero-order chi connectivity index (χ0) is 17.3. The number of hydrogen-bond acceptors (Lipinski definition) is 4. The van der Waals surface area contributed by atoms with Gasteiger partial charge in [-0.1, -0.05) is 45.9 Å². The number of aryl methyl sites for hydroxylation is 1. The molecule has 6 nitrogen and oxygen atoms in total. The van der Waals surface area contributed by atoms with Gasteiger partial charge in [-0.25, -0.2) is 9.78 Å². The van der Waals surface area contributed by atoms with Crippen LogP contribution < -0.4 is 11.2 Å². The molecule has 0 aliphatic rings. The molecule has 1 N–H and O–H groups in total. The molecule has 0 aliphatic heterocycles. The van der Waals surface area contributed by atoms with Gasteiger partial charge in [-0.3, -0.25) is 14.3 Å². The van der Waals surface area contributed by atoms with Crippen LogP contribution in [0.5, 0.6) is 0 Å². The molecule has 0 amide bonds. The van der Waals surface area contributed by atoms with E-state index in [1.165, 1.54) is 16.3 Å². The largest absolute Gasteiger partial charge is 0.329 e. The smallest absolute Gasteiger partial charge is 0.309 e. The SMILES string of the molecule is C=CCSc1nc2c(c(=O)[nH]c(=O)n2C)n1Cc1cccc(Br)c1. The van der Waals surface area contributed by atoms with Crippen LogP contribution in [0.1, 0.15) is 5.56 Å². The van der Waals surface area contributed by atoms with E-state index in [4.69, 9.17) is 0 Å². The van der Waals surface area contributed by atoms with Crippen LogP contribution in [0, 0.1) is 0 Å². The van der Waals surface area contributed by atoms with Crippen molar-refractivity contribution in [1.29, 1.82) is 0 Å². The first-order valence-electron chi connectivity index (χ1n) is 7.19. The first-order valence-corrected chi connectivity index (χ1v) is 8.97. The lowest BCUT2D eigenvalue weighted by Gasteiger charge is -2.08. The van der Waals surface area contributed by atoms with Gasteiger partial charge in [0.1, 0.15) is 0 Å². The number of nitrogens with one attached hydrogen (secondary N) is 1. The van der Waals surface area contributed by atoms with Gasteiger partial charge in [0, 0.05) is 17.3 Å². The van der Waals surface area contributed by atoms with Gasteiger partial charge in [0.05, 0.1) is 6.54 Å². The van der Waals surface area contributed by atoms with Gasteiger partial charge in [0.2, 0.25) is 0 Å². The number of hydrogen-bond donors (Lipinski definition) is 1. The molecule has 0 atom stereocenters. The number of H-pyrrole nitrogens is 1. The Hall–Kier alpha value is -2.06. The van der Waals surface area contributed by atoms with Crippen molar-refractivity contribution in [3.8, 4) is 0 Å². The molecule has 3 aromatic rings. The molecule has 0 bridgehead atoms. The maximum atomic E-state index is 12.3. The van der Waals surface area contributed by atoms with Crippen LogP contribution in [-0.2, 0) is 13.6 Å². The van der Waals surface area contributed by atoms with Crippen LogP contribution in [-0.4, -0.2) is 24.9 Å². The molecule has 124 valence electrons. The summed E-state index contributed by atoms with van der Waals surface area (Å²) in [5.41, 5.74) is 0.896. The molecule has 0 saturated heterocycles. The normalized spacial score (nSPS) is 11.1. The predicted molar refractivity (Wildman–Crippen MR) is 99.8 cm³/mol. The molecule has 0 radical (unpaired) electrons. The first-order chi connectivity index (χ1) is 11.5. The Morgan fingerprint density at radius 3 is 2.92 bits per heavy atom. The van der Waals surface area contributed by atoms with E-state index in [1.54, 1.807) is 13.1 Å². The number of fused-ring (bicyclic) bond motifs is 1. The quantitative estimate of drug-likeness (QED) is 0.521. The van der Waals surface area contributed by atoms with Gasteiger partial charge < -0.3 is 4.57 Å². The molecule has 24 heavy (non-hydrogen) atoms. The number of rotatable bonds is 5. The minimum absolute atomic E-state index is 0.380. The molecular weight excluding hydrogens is 392 g/mol. The van der Waals surface area contributed by atoms with Crippen molar-refractivity contribution in [2.24, 2.45) is 7.05 Å². The maximum absolute atomic E-state index is 12.3. The predicted octanol–water partition coefficient (Wildman–Crippen LogP) is 2.51. The number of halogens is 1. The lowest BCUT2D eigenvalue weighted by Crippen LogP contribution is -2.29. The van der Waals surface area contributed by atoms with Crippen molar-refractivity contribution >= 4 is 38.9 Å². The summed E-state index contributed by atoms with van der Waals surface area (Å²) in [4.78, 5) is 31.0. The number of benzene rings is 1. The second-order valence-corrected chi connectivity index (χ2v) is 7.10. The van der Waals surface area contributed by atoms with Crippen LogP contribution in [0.25, 0.3) is 11.2 Å². The summed E-state index contributed by atoms with van der Waals surface area (Å²) in [5.74, 6) is 0.660. The maximum Gasteiger partial charge on any atom is 0.329 e. The van der Waals surface area contributed by atoms with Crippen molar-refractivity contribution in [2.45, 2.75) is 11.7 Å². The van der Waals surface area contributed by atoms with E-state index in [9.17, 15) is 9.59 Å². The van der Waals surface area contributed by atoms with E-state index in [0.717, 1.165) is 10.0 Å². The standard InChI is InChI=1S/C16H15BrN4O2S/c1-3-7-24-16-18-13-12(14(22)19-15(23)20(13)2)21(16)9-10-5-4-6-11(17)8-10/h3-6,8H,1,7,9H2,2H3,(H,19,22,23). The molecule has 0 unspecified atom stereocenters. The van der Waals surface area contributed by atoms with Gasteiger partial charge in [-0.05, 0) is 17.7 Å². The summed E-state index contributed by atoms with van der Waals surface area (Å²) in [6, 6.07) is 7.85. The van der Waals surface area contributed by atoms with Crippen LogP contribution in [0.3, 0.4) is 0 Å². The molecule has 2 aromatic heterocycles. The summed E-state index contributed by atoms with van der Waals surface area (Å²) in [5, 5.41) is 0.677. The molecular formula is C16H15BrN4O2S. The number of aromatic amines is 1. The van der Waals surface area contributed by atoms with Crippen molar-refractivity contribution < 1.29 is 0 Å². The fraction of sp³-hybridized carbons (Fsp3) is 0.188. The minimum atomic E-state index is -0.472. The van der Waals surface area contributed by atoms with Crippen LogP contribution in [0.4, 0.5) is 0 Å². The van der Waals surface area contributed by atoms with E-state index in [-0.39, 0.29) is 0 Å². The third-order valence-electron chi connectivity index (χ3n) is 3.53. The fourth-order valence-corrected chi connectivity index (χ4v) is 3.60. The number of aromatic nitrogens is 4. The third-order valence-corrected chi connectivity index (χ3v) is 5.00. The second-order valence-electron chi connectivity index (χ2n) is 5.20. The molecule has 3 rings (SSSR count). The van der Waals surface area contributed by atoms with Crippen molar-refractivity contribution in [1.82, 2.24) is 19.1 Å². The Balaban J connectivity index is 2.23. The lowest BCUT2D eigenvalue weighted by molar-refractivity contribution is 0.728. The Morgan fingerprint density at radius 1 is 1.42 bits per heavy atom. The number of imidazole rings is 1. The Labute approximate surface area is 150 Å². The fourth-order valence-electron chi connectivity index (χ4n) is 2.42. The summed E-state index contributed by atoms with van der Waals surface area (Å²) < 4.78 is 4.15. The third kappa shape index (κ3) is 3.11. The number of thioether (sulfide) groups is 1. The molecule has 0 saturated carbocycles. The first kappa shape index (κ1) is 16.8. The monoisotopic (exact) mass is 406 g/mol. The molecule has 0 spiro atoms. The summed E-state index contributed by atoms with van der Waals surface area (Å²) >= 11 is 4.93. The van der Waals surface area contributed by atoms with E-state index in [0.29, 0.717) is 28.6 Å².